The minimum Gasteiger partial charge on any atom is -0.406 e. The molecule has 3 N–H and O–H groups in total. The van der Waals surface area contributed by atoms with Gasteiger partial charge in [-0.05, 0) is 34.1 Å². The van der Waals surface area contributed by atoms with E-state index in [9.17, 15) is 13.2 Å². The molecular weight excluding hydrogens is 463 g/mol. The SMILES string of the molecule is CC(C)(C)[Si](OC[C@@H]1C[C@@H](NC(=S)NCC(F)(F)F)CN1)(c1ccccc1)c1ccccc1. The van der Waals surface area contributed by atoms with Gasteiger partial charge in [0.05, 0.1) is 6.61 Å². The highest BCUT2D eigenvalue weighted by Gasteiger charge is 2.50. The number of thiocarbonyl (C=S) groups is 1. The van der Waals surface area contributed by atoms with E-state index in [1.54, 1.807) is 0 Å². The van der Waals surface area contributed by atoms with Crippen LogP contribution in [0.3, 0.4) is 0 Å². The van der Waals surface area contributed by atoms with Crippen LogP contribution in [0.2, 0.25) is 5.04 Å². The highest BCUT2D eigenvalue weighted by Crippen LogP contribution is 2.37. The summed E-state index contributed by atoms with van der Waals surface area (Å²) in [6.45, 7) is 6.68. The first-order valence-electron chi connectivity index (χ1n) is 11.1. The minimum absolute atomic E-state index is 0.0210. The Kier molecular flexibility index (Phi) is 8.20. The second-order valence-electron chi connectivity index (χ2n) is 9.45. The van der Waals surface area contributed by atoms with Gasteiger partial charge in [-0.1, -0.05) is 81.4 Å². The number of rotatable bonds is 7. The molecular formula is C24H32F3N3OSSi. The Labute approximate surface area is 200 Å². The molecule has 1 saturated heterocycles. The molecule has 0 unspecified atom stereocenters. The smallest absolute Gasteiger partial charge is 0.405 e. The summed E-state index contributed by atoms with van der Waals surface area (Å²) in [5, 5.41) is 11.0. The van der Waals surface area contributed by atoms with Crippen LogP contribution >= 0.6 is 12.2 Å². The maximum atomic E-state index is 12.4. The average molecular weight is 496 g/mol. The molecule has 4 nitrogen and oxygen atoms in total. The fourth-order valence-corrected chi connectivity index (χ4v) is 9.31. The van der Waals surface area contributed by atoms with E-state index in [0.29, 0.717) is 19.6 Å². The van der Waals surface area contributed by atoms with Crippen molar-refractivity contribution in [3.63, 3.8) is 0 Å². The number of nitrogens with one attached hydrogen (secondary N) is 3. The van der Waals surface area contributed by atoms with Crippen LogP contribution in [0.5, 0.6) is 0 Å². The van der Waals surface area contributed by atoms with Crippen LogP contribution in [0, 0.1) is 0 Å². The molecule has 180 valence electrons. The molecule has 0 amide bonds. The number of hydrogen-bond acceptors (Lipinski definition) is 3. The number of hydrogen-bond donors (Lipinski definition) is 3. The van der Waals surface area contributed by atoms with Crippen molar-refractivity contribution in [3.05, 3.63) is 60.7 Å². The average Bonchev–Trinajstić information content (AvgIpc) is 3.20. The van der Waals surface area contributed by atoms with Gasteiger partial charge in [0, 0.05) is 18.6 Å². The first-order chi connectivity index (χ1) is 15.5. The molecule has 9 heteroatoms. The first-order valence-corrected chi connectivity index (χ1v) is 13.4. The van der Waals surface area contributed by atoms with E-state index < -0.39 is 21.0 Å². The quantitative estimate of drug-likeness (QED) is 0.406. The Morgan fingerprint density at radius 3 is 2.06 bits per heavy atom. The van der Waals surface area contributed by atoms with Crippen LogP contribution in [-0.4, -0.2) is 51.4 Å². The Hall–Kier alpha value is -1.94. The summed E-state index contributed by atoms with van der Waals surface area (Å²) in [6.07, 6.45) is -3.59. The second-order valence-corrected chi connectivity index (χ2v) is 14.2. The summed E-state index contributed by atoms with van der Waals surface area (Å²) in [7, 11) is -2.63. The molecule has 2 aromatic carbocycles. The lowest BCUT2D eigenvalue weighted by molar-refractivity contribution is -0.122. The zero-order valence-electron chi connectivity index (χ0n) is 19.2. The molecule has 0 radical (unpaired) electrons. The van der Waals surface area contributed by atoms with E-state index in [1.165, 1.54) is 10.4 Å². The van der Waals surface area contributed by atoms with Gasteiger partial charge in [-0.25, -0.2) is 0 Å². The highest BCUT2D eigenvalue weighted by atomic mass is 32.1. The van der Waals surface area contributed by atoms with Crippen LogP contribution in [-0.2, 0) is 4.43 Å². The Bertz CT molecular complexity index is 867. The summed E-state index contributed by atoms with van der Waals surface area (Å²) in [6, 6.07) is 20.9. The minimum atomic E-state index is -4.30. The highest BCUT2D eigenvalue weighted by molar-refractivity contribution is 7.80. The molecule has 0 aromatic heterocycles. The summed E-state index contributed by atoms with van der Waals surface area (Å²) < 4.78 is 44.2. The molecule has 1 fully saturated rings. The van der Waals surface area contributed by atoms with E-state index in [4.69, 9.17) is 16.6 Å². The summed E-state index contributed by atoms with van der Waals surface area (Å²) in [4.78, 5) is 0. The number of halogens is 3. The van der Waals surface area contributed by atoms with Crippen molar-refractivity contribution in [2.45, 2.75) is 50.5 Å². The summed E-state index contributed by atoms with van der Waals surface area (Å²) in [5.41, 5.74) is 0. The molecule has 0 bridgehead atoms. The molecule has 1 heterocycles. The van der Waals surface area contributed by atoms with Gasteiger partial charge in [-0.3, -0.25) is 0 Å². The van der Waals surface area contributed by atoms with E-state index in [-0.39, 0.29) is 22.2 Å². The zero-order valence-corrected chi connectivity index (χ0v) is 21.0. The van der Waals surface area contributed by atoms with Gasteiger partial charge in [0.25, 0.3) is 8.32 Å². The maximum absolute atomic E-state index is 12.4. The molecule has 3 rings (SSSR count). The van der Waals surface area contributed by atoms with Crippen molar-refractivity contribution in [2.24, 2.45) is 0 Å². The van der Waals surface area contributed by atoms with Crippen molar-refractivity contribution in [1.29, 1.82) is 0 Å². The van der Waals surface area contributed by atoms with E-state index >= 15 is 0 Å². The predicted octanol–water partition coefficient (Wildman–Crippen LogP) is 3.32. The zero-order chi connectivity index (χ0) is 24.1. The third-order valence-corrected chi connectivity index (χ3v) is 11.2. The van der Waals surface area contributed by atoms with Crippen molar-refractivity contribution >= 4 is 36.0 Å². The van der Waals surface area contributed by atoms with Gasteiger partial charge in [0.1, 0.15) is 6.54 Å². The lowest BCUT2D eigenvalue weighted by Crippen LogP contribution is -2.67. The Morgan fingerprint density at radius 2 is 1.58 bits per heavy atom. The normalized spacial score (nSPS) is 19.3. The fraction of sp³-hybridized carbons (Fsp3) is 0.458. The molecule has 2 atom stereocenters. The van der Waals surface area contributed by atoms with Gasteiger partial charge < -0.3 is 20.4 Å². The molecule has 1 aliphatic rings. The Balaban J connectivity index is 1.72. The molecule has 0 spiro atoms. The molecule has 33 heavy (non-hydrogen) atoms. The lowest BCUT2D eigenvalue weighted by atomic mass is 10.2. The van der Waals surface area contributed by atoms with Crippen molar-refractivity contribution in [3.8, 4) is 0 Å². The molecule has 2 aromatic rings. The van der Waals surface area contributed by atoms with Gasteiger partial charge in [-0.15, -0.1) is 0 Å². The van der Waals surface area contributed by atoms with Crippen LogP contribution in [0.1, 0.15) is 27.2 Å². The number of benzene rings is 2. The monoisotopic (exact) mass is 495 g/mol. The van der Waals surface area contributed by atoms with E-state index in [0.717, 1.165) is 0 Å². The standard InChI is InChI=1S/C24H32F3N3OSSi/c1-23(2,3)33(20-10-6-4-7-11-20,21-12-8-5-9-13-21)31-16-19-14-18(15-28-19)30-22(32)29-17-24(25,26)27/h4-13,18-19,28H,14-17H2,1-3H3,(H2,29,30,32)/t18-,19+/m1/s1. The van der Waals surface area contributed by atoms with Gasteiger partial charge >= 0.3 is 6.18 Å². The lowest BCUT2D eigenvalue weighted by Gasteiger charge is -2.43. The van der Waals surface area contributed by atoms with Crippen molar-refractivity contribution in [1.82, 2.24) is 16.0 Å². The fourth-order valence-electron chi connectivity index (χ4n) is 4.46. The van der Waals surface area contributed by atoms with E-state index in [2.05, 4.69) is 85.3 Å². The first kappa shape index (κ1) is 25.7. The largest absolute Gasteiger partial charge is 0.406 e. The van der Waals surface area contributed by atoms with Gasteiger partial charge in [0.15, 0.2) is 5.11 Å². The maximum Gasteiger partial charge on any atom is 0.405 e. The topological polar surface area (TPSA) is 45.3 Å². The summed E-state index contributed by atoms with van der Waals surface area (Å²) >= 11 is 5.02. The molecule has 0 aliphatic carbocycles. The number of alkyl halides is 3. The van der Waals surface area contributed by atoms with Crippen LogP contribution < -0.4 is 26.3 Å². The van der Waals surface area contributed by atoms with Gasteiger partial charge in [0.2, 0.25) is 0 Å². The Morgan fingerprint density at radius 1 is 1.03 bits per heavy atom. The predicted molar refractivity (Wildman–Crippen MR) is 134 cm³/mol. The second kappa shape index (κ2) is 10.5. The van der Waals surface area contributed by atoms with Gasteiger partial charge in [-0.2, -0.15) is 13.2 Å². The van der Waals surface area contributed by atoms with Crippen molar-refractivity contribution < 1.29 is 17.6 Å². The summed E-state index contributed by atoms with van der Waals surface area (Å²) in [5.74, 6) is 0. The molecule has 1 aliphatic heterocycles. The third-order valence-electron chi connectivity index (χ3n) is 5.92. The molecule has 0 saturated carbocycles. The third kappa shape index (κ3) is 6.56. The van der Waals surface area contributed by atoms with E-state index in [1.807, 2.05) is 12.1 Å². The van der Waals surface area contributed by atoms with Crippen LogP contribution in [0.4, 0.5) is 13.2 Å². The van der Waals surface area contributed by atoms with Crippen LogP contribution in [0.15, 0.2) is 60.7 Å². The van der Waals surface area contributed by atoms with Crippen molar-refractivity contribution in [2.75, 3.05) is 19.7 Å². The van der Waals surface area contributed by atoms with Crippen LogP contribution in [0.25, 0.3) is 0 Å².